The summed E-state index contributed by atoms with van der Waals surface area (Å²) in [6, 6.07) is 6.04. The van der Waals surface area contributed by atoms with Crippen molar-refractivity contribution in [1.29, 1.82) is 0 Å². The number of aromatic nitrogens is 1. The first-order chi connectivity index (χ1) is 9.10. The molecule has 1 aromatic carbocycles. The predicted molar refractivity (Wildman–Crippen MR) is 72.0 cm³/mol. The quantitative estimate of drug-likeness (QED) is 0.837. The molecule has 19 heavy (non-hydrogen) atoms. The van der Waals surface area contributed by atoms with Crippen LogP contribution in [0.15, 0.2) is 22.6 Å². The SMILES string of the molecule is CNC(CCCC(=O)O)c1ccc2oc(C)nc2c1. The van der Waals surface area contributed by atoms with Crippen molar-refractivity contribution in [3.8, 4) is 0 Å². The summed E-state index contributed by atoms with van der Waals surface area (Å²) in [4.78, 5) is 14.9. The molecular formula is C14H18N2O3. The fraction of sp³-hybridized carbons (Fsp3) is 0.429. The third-order valence-corrected chi connectivity index (χ3v) is 3.15. The van der Waals surface area contributed by atoms with Crippen LogP contribution in [-0.2, 0) is 4.79 Å². The van der Waals surface area contributed by atoms with Gasteiger partial charge in [0, 0.05) is 19.4 Å². The van der Waals surface area contributed by atoms with Gasteiger partial charge in [0.25, 0.3) is 0 Å². The van der Waals surface area contributed by atoms with Gasteiger partial charge in [-0.05, 0) is 37.6 Å². The van der Waals surface area contributed by atoms with Crippen molar-refractivity contribution in [2.75, 3.05) is 7.05 Å². The van der Waals surface area contributed by atoms with Crippen molar-refractivity contribution in [2.45, 2.75) is 32.2 Å². The lowest BCUT2D eigenvalue weighted by Gasteiger charge is -2.15. The first kappa shape index (κ1) is 13.5. The minimum atomic E-state index is -0.752. The zero-order valence-electron chi connectivity index (χ0n) is 11.1. The van der Waals surface area contributed by atoms with E-state index in [1.165, 1.54) is 0 Å². The number of fused-ring (bicyclic) bond motifs is 1. The summed E-state index contributed by atoms with van der Waals surface area (Å²) in [6.07, 6.45) is 1.63. The molecule has 102 valence electrons. The van der Waals surface area contributed by atoms with E-state index in [2.05, 4.69) is 10.3 Å². The molecule has 0 bridgehead atoms. The summed E-state index contributed by atoms with van der Waals surface area (Å²) in [5, 5.41) is 11.9. The lowest BCUT2D eigenvalue weighted by atomic mass is 10.0. The summed E-state index contributed by atoms with van der Waals surface area (Å²) in [7, 11) is 1.88. The van der Waals surface area contributed by atoms with Gasteiger partial charge in [-0.15, -0.1) is 0 Å². The van der Waals surface area contributed by atoms with E-state index in [-0.39, 0.29) is 12.5 Å². The van der Waals surface area contributed by atoms with E-state index >= 15 is 0 Å². The third kappa shape index (κ3) is 3.32. The summed E-state index contributed by atoms with van der Waals surface area (Å²) in [5.41, 5.74) is 2.73. The Morgan fingerprint density at radius 2 is 2.32 bits per heavy atom. The average molecular weight is 262 g/mol. The van der Waals surface area contributed by atoms with Crippen LogP contribution in [0.5, 0.6) is 0 Å². The van der Waals surface area contributed by atoms with Crippen LogP contribution in [0.2, 0.25) is 0 Å². The summed E-state index contributed by atoms with van der Waals surface area (Å²) >= 11 is 0. The van der Waals surface area contributed by atoms with Gasteiger partial charge in [0.2, 0.25) is 0 Å². The number of nitrogens with zero attached hydrogens (tertiary/aromatic N) is 1. The molecule has 1 unspecified atom stereocenters. The van der Waals surface area contributed by atoms with Gasteiger partial charge in [-0.1, -0.05) is 6.07 Å². The van der Waals surface area contributed by atoms with Gasteiger partial charge in [0.1, 0.15) is 5.52 Å². The molecule has 1 heterocycles. The Morgan fingerprint density at radius 1 is 1.53 bits per heavy atom. The molecule has 0 fully saturated rings. The number of oxazole rings is 1. The lowest BCUT2D eigenvalue weighted by molar-refractivity contribution is -0.137. The van der Waals surface area contributed by atoms with Gasteiger partial charge in [0.05, 0.1) is 0 Å². The predicted octanol–water partition coefficient (Wildman–Crippen LogP) is 2.65. The number of aliphatic carboxylic acids is 1. The van der Waals surface area contributed by atoms with Crippen LogP contribution >= 0.6 is 0 Å². The highest BCUT2D eigenvalue weighted by Crippen LogP contribution is 2.24. The zero-order chi connectivity index (χ0) is 13.8. The highest BCUT2D eigenvalue weighted by Gasteiger charge is 2.12. The summed E-state index contributed by atoms with van der Waals surface area (Å²) < 4.78 is 5.44. The van der Waals surface area contributed by atoms with Gasteiger partial charge in [-0.25, -0.2) is 4.98 Å². The van der Waals surface area contributed by atoms with E-state index < -0.39 is 5.97 Å². The maximum absolute atomic E-state index is 10.5. The minimum absolute atomic E-state index is 0.140. The second-order valence-corrected chi connectivity index (χ2v) is 4.59. The molecule has 0 aliphatic heterocycles. The number of carboxylic acid groups (broad SMARTS) is 1. The maximum atomic E-state index is 10.5. The lowest BCUT2D eigenvalue weighted by Crippen LogP contribution is -2.16. The Morgan fingerprint density at radius 3 is 3.00 bits per heavy atom. The van der Waals surface area contributed by atoms with Crippen LogP contribution in [0.1, 0.15) is 36.8 Å². The van der Waals surface area contributed by atoms with E-state index in [4.69, 9.17) is 9.52 Å². The van der Waals surface area contributed by atoms with Crippen molar-refractivity contribution in [1.82, 2.24) is 10.3 Å². The fourth-order valence-corrected chi connectivity index (χ4v) is 2.21. The Bertz CT molecular complexity index is 577. The topological polar surface area (TPSA) is 75.4 Å². The molecule has 2 N–H and O–H groups in total. The summed E-state index contributed by atoms with van der Waals surface area (Å²) in [5.74, 6) is -0.100. The van der Waals surface area contributed by atoms with Gasteiger partial charge in [0.15, 0.2) is 11.5 Å². The standard InChI is InChI=1S/C14H18N2O3/c1-9-16-12-8-10(6-7-13(12)19-9)11(15-2)4-3-5-14(17)18/h6-8,11,15H,3-5H2,1-2H3,(H,17,18). The molecule has 5 nitrogen and oxygen atoms in total. The van der Waals surface area contributed by atoms with Crippen molar-refractivity contribution < 1.29 is 14.3 Å². The van der Waals surface area contributed by atoms with Crippen LogP contribution in [-0.4, -0.2) is 23.1 Å². The second kappa shape index (κ2) is 5.84. The number of hydrogen-bond acceptors (Lipinski definition) is 4. The van der Waals surface area contributed by atoms with Gasteiger partial charge >= 0.3 is 5.97 Å². The molecule has 5 heteroatoms. The Balaban J connectivity index is 2.13. The normalized spacial score (nSPS) is 12.7. The highest BCUT2D eigenvalue weighted by molar-refractivity contribution is 5.73. The number of aryl methyl sites for hydroxylation is 1. The minimum Gasteiger partial charge on any atom is -0.481 e. The zero-order valence-corrected chi connectivity index (χ0v) is 11.1. The van der Waals surface area contributed by atoms with E-state index in [9.17, 15) is 4.79 Å². The molecule has 0 spiro atoms. The van der Waals surface area contributed by atoms with Crippen LogP contribution in [0.25, 0.3) is 11.1 Å². The first-order valence-electron chi connectivity index (χ1n) is 6.36. The molecule has 2 rings (SSSR count). The average Bonchev–Trinajstić information content (AvgIpc) is 2.73. The molecule has 2 aromatic rings. The van der Waals surface area contributed by atoms with Gasteiger partial charge in [-0.2, -0.15) is 0 Å². The van der Waals surface area contributed by atoms with Crippen LogP contribution in [0, 0.1) is 6.92 Å². The Hall–Kier alpha value is -1.88. The summed E-state index contributed by atoms with van der Waals surface area (Å²) in [6.45, 7) is 1.82. The van der Waals surface area contributed by atoms with Crippen LogP contribution < -0.4 is 5.32 Å². The van der Waals surface area contributed by atoms with E-state index in [0.29, 0.717) is 12.3 Å². The maximum Gasteiger partial charge on any atom is 0.303 e. The molecule has 0 radical (unpaired) electrons. The van der Waals surface area contributed by atoms with Crippen molar-refractivity contribution >= 4 is 17.1 Å². The molecule has 0 aliphatic carbocycles. The van der Waals surface area contributed by atoms with Gasteiger partial charge < -0.3 is 14.8 Å². The number of rotatable bonds is 6. The Kier molecular flexibility index (Phi) is 4.16. The fourth-order valence-electron chi connectivity index (χ4n) is 2.21. The molecular weight excluding hydrogens is 244 g/mol. The van der Waals surface area contributed by atoms with Crippen molar-refractivity contribution in [3.05, 3.63) is 29.7 Å². The first-order valence-corrected chi connectivity index (χ1v) is 6.36. The highest BCUT2D eigenvalue weighted by atomic mass is 16.4. The molecule has 0 aliphatic rings. The third-order valence-electron chi connectivity index (χ3n) is 3.15. The van der Waals surface area contributed by atoms with Gasteiger partial charge in [-0.3, -0.25) is 4.79 Å². The van der Waals surface area contributed by atoms with E-state index in [0.717, 1.165) is 23.1 Å². The Labute approximate surface area is 111 Å². The largest absolute Gasteiger partial charge is 0.481 e. The molecule has 0 amide bonds. The number of carbonyl (C=O) groups is 1. The smallest absolute Gasteiger partial charge is 0.303 e. The number of benzene rings is 1. The molecule has 0 saturated heterocycles. The second-order valence-electron chi connectivity index (χ2n) is 4.59. The van der Waals surface area contributed by atoms with Crippen LogP contribution in [0.4, 0.5) is 0 Å². The number of carboxylic acids is 1. The molecule has 1 atom stereocenters. The molecule has 1 aromatic heterocycles. The van der Waals surface area contributed by atoms with Crippen molar-refractivity contribution in [3.63, 3.8) is 0 Å². The van der Waals surface area contributed by atoms with Crippen molar-refractivity contribution in [2.24, 2.45) is 0 Å². The van der Waals surface area contributed by atoms with Crippen LogP contribution in [0.3, 0.4) is 0 Å². The number of hydrogen-bond donors (Lipinski definition) is 2. The van der Waals surface area contributed by atoms with E-state index in [1.807, 2.05) is 32.2 Å². The van der Waals surface area contributed by atoms with E-state index in [1.54, 1.807) is 0 Å². The number of nitrogens with one attached hydrogen (secondary N) is 1. The monoisotopic (exact) mass is 262 g/mol. The molecule has 0 saturated carbocycles.